The molecular formula is C18H16BrNO6. The molecule has 0 saturated heterocycles. The first-order valence-electron chi connectivity index (χ1n) is 7.51. The Morgan fingerprint density at radius 1 is 1.04 bits per heavy atom. The lowest BCUT2D eigenvalue weighted by Crippen LogP contribution is -2.34. The summed E-state index contributed by atoms with van der Waals surface area (Å²) in [4.78, 5) is 35.4. The monoisotopic (exact) mass is 421 g/mol. The molecule has 0 heterocycles. The fourth-order valence-corrected chi connectivity index (χ4v) is 2.33. The number of para-hydroxylation sites is 1. The Morgan fingerprint density at radius 2 is 1.81 bits per heavy atom. The third kappa shape index (κ3) is 5.89. The van der Waals surface area contributed by atoms with Gasteiger partial charge < -0.3 is 14.2 Å². The van der Waals surface area contributed by atoms with Gasteiger partial charge in [0.2, 0.25) is 0 Å². The standard InChI is InChI=1S/C18H16BrNO6/c1-24-15-8-3-2-7-14(15)18(23)20-16(21)10-26-17(22)11-25-13-6-4-5-12(19)9-13/h2-9H,10-11H2,1H3,(H,20,21,23). The van der Waals surface area contributed by atoms with Crippen LogP contribution in [0.25, 0.3) is 0 Å². The summed E-state index contributed by atoms with van der Waals surface area (Å²) in [7, 11) is 1.42. The van der Waals surface area contributed by atoms with Crippen molar-refractivity contribution in [3.05, 3.63) is 58.6 Å². The smallest absolute Gasteiger partial charge is 0.344 e. The summed E-state index contributed by atoms with van der Waals surface area (Å²) in [6, 6.07) is 13.4. The van der Waals surface area contributed by atoms with Gasteiger partial charge in [-0.1, -0.05) is 34.1 Å². The van der Waals surface area contributed by atoms with Gasteiger partial charge in [-0.3, -0.25) is 14.9 Å². The molecule has 0 radical (unpaired) electrons. The molecular weight excluding hydrogens is 406 g/mol. The Labute approximate surface area is 158 Å². The number of amides is 2. The Kier molecular flexibility index (Phi) is 7.16. The molecule has 1 N–H and O–H groups in total. The van der Waals surface area contributed by atoms with Crippen LogP contribution in [-0.4, -0.2) is 38.1 Å². The van der Waals surface area contributed by atoms with E-state index in [1.165, 1.54) is 13.2 Å². The Hall–Kier alpha value is -2.87. The third-order valence-corrected chi connectivity index (χ3v) is 3.61. The van der Waals surface area contributed by atoms with Gasteiger partial charge in [0, 0.05) is 4.47 Å². The summed E-state index contributed by atoms with van der Waals surface area (Å²) in [5, 5.41) is 2.13. The van der Waals surface area contributed by atoms with Crippen LogP contribution in [0.15, 0.2) is 53.0 Å². The molecule has 0 unspecified atom stereocenters. The SMILES string of the molecule is COc1ccccc1C(=O)NC(=O)COC(=O)COc1cccc(Br)c1. The molecule has 0 spiro atoms. The number of hydrogen-bond acceptors (Lipinski definition) is 6. The van der Waals surface area contributed by atoms with Crippen molar-refractivity contribution < 1.29 is 28.6 Å². The van der Waals surface area contributed by atoms with Crippen LogP contribution in [0.3, 0.4) is 0 Å². The number of hydrogen-bond donors (Lipinski definition) is 1. The zero-order valence-corrected chi connectivity index (χ0v) is 15.4. The van der Waals surface area contributed by atoms with Crippen molar-refractivity contribution in [1.82, 2.24) is 5.32 Å². The number of nitrogens with one attached hydrogen (secondary N) is 1. The van der Waals surface area contributed by atoms with Gasteiger partial charge in [-0.25, -0.2) is 4.79 Å². The summed E-state index contributed by atoms with van der Waals surface area (Å²) in [6.45, 7) is -0.953. The zero-order chi connectivity index (χ0) is 18.9. The highest BCUT2D eigenvalue weighted by Crippen LogP contribution is 2.18. The van der Waals surface area contributed by atoms with Crippen LogP contribution in [0.4, 0.5) is 0 Å². The van der Waals surface area contributed by atoms with Crippen molar-refractivity contribution in [2.24, 2.45) is 0 Å². The fourth-order valence-electron chi connectivity index (χ4n) is 1.95. The third-order valence-electron chi connectivity index (χ3n) is 3.12. The molecule has 26 heavy (non-hydrogen) atoms. The van der Waals surface area contributed by atoms with E-state index in [2.05, 4.69) is 21.2 Å². The molecule has 0 aliphatic carbocycles. The molecule has 136 valence electrons. The van der Waals surface area contributed by atoms with Gasteiger partial charge in [-0.2, -0.15) is 0 Å². The molecule has 2 rings (SSSR count). The van der Waals surface area contributed by atoms with Crippen LogP contribution in [0, 0.1) is 0 Å². The largest absolute Gasteiger partial charge is 0.496 e. The lowest BCUT2D eigenvalue weighted by atomic mass is 10.2. The van der Waals surface area contributed by atoms with Gasteiger partial charge in [-0.15, -0.1) is 0 Å². The summed E-state index contributed by atoms with van der Waals surface area (Å²) < 4.78 is 15.9. The van der Waals surface area contributed by atoms with Gasteiger partial charge in [0.15, 0.2) is 13.2 Å². The molecule has 2 aromatic rings. The van der Waals surface area contributed by atoms with Crippen molar-refractivity contribution >= 4 is 33.7 Å². The van der Waals surface area contributed by atoms with Crippen LogP contribution in [-0.2, 0) is 14.3 Å². The fraction of sp³-hybridized carbons (Fsp3) is 0.167. The molecule has 0 fully saturated rings. The van der Waals surface area contributed by atoms with E-state index in [0.717, 1.165) is 4.47 Å². The topological polar surface area (TPSA) is 90.9 Å². The number of halogens is 1. The predicted molar refractivity (Wildman–Crippen MR) is 96.1 cm³/mol. The normalized spacial score (nSPS) is 9.92. The average Bonchev–Trinajstić information content (AvgIpc) is 2.64. The Bertz CT molecular complexity index is 808. The van der Waals surface area contributed by atoms with Gasteiger partial charge in [0.1, 0.15) is 11.5 Å². The second-order valence-corrected chi connectivity index (χ2v) is 5.90. The molecule has 0 aliphatic rings. The number of carbonyl (C=O) groups excluding carboxylic acids is 3. The number of methoxy groups -OCH3 is 1. The molecule has 0 atom stereocenters. The second kappa shape index (κ2) is 9.57. The highest BCUT2D eigenvalue weighted by atomic mass is 79.9. The van der Waals surface area contributed by atoms with Crippen molar-refractivity contribution in [1.29, 1.82) is 0 Å². The van der Waals surface area contributed by atoms with E-state index in [4.69, 9.17) is 14.2 Å². The van der Waals surface area contributed by atoms with E-state index in [-0.39, 0.29) is 12.2 Å². The number of ether oxygens (including phenoxy) is 3. The van der Waals surface area contributed by atoms with E-state index in [1.54, 1.807) is 36.4 Å². The molecule has 8 heteroatoms. The van der Waals surface area contributed by atoms with Crippen LogP contribution in [0.2, 0.25) is 0 Å². The van der Waals surface area contributed by atoms with Crippen LogP contribution < -0.4 is 14.8 Å². The Balaban J connectivity index is 1.77. The predicted octanol–water partition coefficient (Wildman–Crippen LogP) is 2.34. The highest BCUT2D eigenvalue weighted by molar-refractivity contribution is 9.10. The van der Waals surface area contributed by atoms with Gasteiger partial charge in [0.25, 0.3) is 11.8 Å². The van der Waals surface area contributed by atoms with Crippen molar-refractivity contribution in [2.45, 2.75) is 0 Å². The first kappa shape index (κ1) is 19.5. The van der Waals surface area contributed by atoms with E-state index in [0.29, 0.717) is 11.5 Å². The Morgan fingerprint density at radius 3 is 2.54 bits per heavy atom. The van der Waals surface area contributed by atoms with E-state index in [9.17, 15) is 14.4 Å². The number of carbonyl (C=O) groups is 3. The number of imide groups is 1. The number of esters is 1. The summed E-state index contributed by atoms with van der Waals surface area (Å²) in [6.07, 6.45) is 0. The zero-order valence-electron chi connectivity index (χ0n) is 13.9. The van der Waals surface area contributed by atoms with Crippen molar-refractivity contribution in [3.63, 3.8) is 0 Å². The van der Waals surface area contributed by atoms with Gasteiger partial charge in [0.05, 0.1) is 12.7 Å². The van der Waals surface area contributed by atoms with Gasteiger partial charge >= 0.3 is 5.97 Å². The first-order chi connectivity index (χ1) is 12.5. The lowest BCUT2D eigenvalue weighted by molar-refractivity contribution is -0.150. The van der Waals surface area contributed by atoms with Crippen LogP contribution in [0.1, 0.15) is 10.4 Å². The molecule has 0 aliphatic heterocycles. The van der Waals surface area contributed by atoms with E-state index in [1.807, 2.05) is 6.07 Å². The van der Waals surface area contributed by atoms with E-state index >= 15 is 0 Å². The maximum absolute atomic E-state index is 12.0. The average molecular weight is 422 g/mol. The van der Waals surface area contributed by atoms with Crippen LogP contribution >= 0.6 is 15.9 Å². The molecule has 0 saturated carbocycles. The molecule has 0 aromatic heterocycles. The second-order valence-electron chi connectivity index (χ2n) is 4.98. The molecule has 2 aromatic carbocycles. The number of benzene rings is 2. The quantitative estimate of drug-likeness (QED) is 0.689. The maximum atomic E-state index is 12.0. The molecule has 0 bridgehead atoms. The summed E-state index contributed by atoms with van der Waals surface area (Å²) in [5.74, 6) is -1.32. The first-order valence-corrected chi connectivity index (χ1v) is 8.30. The molecule has 2 amide bonds. The minimum Gasteiger partial charge on any atom is -0.496 e. The van der Waals surface area contributed by atoms with Gasteiger partial charge in [-0.05, 0) is 30.3 Å². The van der Waals surface area contributed by atoms with Crippen molar-refractivity contribution in [3.8, 4) is 11.5 Å². The maximum Gasteiger partial charge on any atom is 0.344 e. The lowest BCUT2D eigenvalue weighted by Gasteiger charge is -2.09. The van der Waals surface area contributed by atoms with Crippen LogP contribution in [0.5, 0.6) is 11.5 Å². The molecule has 7 nitrogen and oxygen atoms in total. The minimum atomic E-state index is -0.753. The summed E-state index contributed by atoms with van der Waals surface area (Å²) >= 11 is 3.28. The minimum absolute atomic E-state index is 0.202. The number of rotatable bonds is 7. The summed E-state index contributed by atoms with van der Waals surface area (Å²) in [5.41, 5.74) is 0.202. The highest BCUT2D eigenvalue weighted by Gasteiger charge is 2.16. The van der Waals surface area contributed by atoms with Crippen molar-refractivity contribution in [2.75, 3.05) is 20.3 Å². The van der Waals surface area contributed by atoms with E-state index < -0.39 is 24.4 Å².